The summed E-state index contributed by atoms with van der Waals surface area (Å²) in [7, 11) is 0. The quantitative estimate of drug-likeness (QED) is 0.739. The number of aromatic carboxylic acids is 1. The number of hydrogen-bond donors (Lipinski definition) is 2. The Hall–Kier alpha value is -2.51. The third-order valence-electron chi connectivity index (χ3n) is 1.73. The van der Waals surface area contributed by atoms with Crippen LogP contribution < -0.4 is 4.74 Å². The number of hydrogen-bond acceptors (Lipinski definition) is 6. The Morgan fingerprint density at radius 2 is 2.44 bits per heavy atom. The molecular formula is C8H7N5O3. The van der Waals surface area contributed by atoms with E-state index in [2.05, 4.69) is 25.6 Å². The Morgan fingerprint density at radius 3 is 3.12 bits per heavy atom. The molecule has 0 saturated heterocycles. The molecule has 0 unspecified atom stereocenters. The van der Waals surface area contributed by atoms with Crippen LogP contribution in [0.3, 0.4) is 0 Å². The maximum Gasteiger partial charge on any atom is 0.360 e. The first-order valence-corrected chi connectivity index (χ1v) is 4.30. The number of carboxylic acid groups (broad SMARTS) is 1. The third-order valence-corrected chi connectivity index (χ3v) is 1.73. The first-order chi connectivity index (χ1) is 7.77. The Morgan fingerprint density at radius 1 is 1.56 bits per heavy atom. The SMILES string of the molecule is O=C(O)c1nnccc1OCc1cn[nH]n1. The second kappa shape index (κ2) is 4.34. The third kappa shape index (κ3) is 2.11. The van der Waals surface area contributed by atoms with Gasteiger partial charge < -0.3 is 9.84 Å². The molecule has 2 aromatic rings. The Kier molecular flexibility index (Phi) is 2.72. The smallest absolute Gasteiger partial charge is 0.360 e. The van der Waals surface area contributed by atoms with Crippen LogP contribution in [0.2, 0.25) is 0 Å². The highest BCUT2D eigenvalue weighted by Gasteiger charge is 2.13. The highest BCUT2D eigenvalue weighted by atomic mass is 16.5. The number of ether oxygens (including phenoxy) is 1. The fourth-order valence-corrected chi connectivity index (χ4v) is 1.03. The van der Waals surface area contributed by atoms with Crippen LogP contribution in [0, 0.1) is 0 Å². The van der Waals surface area contributed by atoms with E-state index in [1.807, 2.05) is 0 Å². The zero-order valence-electron chi connectivity index (χ0n) is 7.99. The minimum absolute atomic E-state index is 0.114. The van der Waals surface area contributed by atoms with E-state index in [1.165, 1.54) is 18.5 Å². The normalized spacial score (nSPS) is 10.0. The molecule has 0 spiro atoms. The van der Waals surface area contributed by atoms with Gasteiger partial charge in [-0.2, -0.15) is 20.5 Å². The first-order valence-electron chi connectivity index (χ1n) is 4.30. The molecule has 2 heterocycles. The molecule has 0 bridgehead atoms. The topological polar surface area (TPSA) is 114 Å². The summed E-state index contributed by atoms with van der Waals surface area (Å²) in [4.78, 5) is 10.8. The van der Waals surface area contributed by atoms with E-state index in [1.54, 1.807) is 0 Å². The number of aromatic nitrogens is 5. The molecule has 2 N–H and O–H groups in total. The van der Waals surface area contributed by atoms with Gasteiger partial charge in [0.25, 0.3) is 0 Å². The maximum absolute atomic E-state index is 10.8. The van der Waals surface area contributed by atoms with E-state index in [9.17, 15) is 4.79 Å². The molecule has 0 aliphatic carbocycles. The summed E-state index contributed by atoms with van der Waals surface area (Å²) >= 11 is 0. The summed E-state index contributed by atoms with van der Waals surface area (Å²) < 4.78 is 5.24. The number of H-pyrrole nitrogens is 1. The van der Waals surface area contributed by atoms with Crippen LogP contribution in [0.5, 0.6) is 5.75 Å². The van der Waals surface area contributed by atoms with Crippen molar-refractivity contribution in [2.75, 3.05) is 0 Å². The fraction of sp³-hybridized carbons (Fsp3) is 0.125. The minimum atomic E-state index is -1.19. The molecule has 0 radical (unpaired) electrons. The lowest BCUT2D eigenvalue weighted by Gasteiger charge is -2.04. The van der Waals surface area contributed by atoms with Crippen molar-refractivity contribution in [2.45, 2.75) is 6.61 Å². The molecule has 0 aromatic carbocycles. The van der Waals surface area contributed by atoms with E-state index in [4.69, 9.17) is 9.84 Å². The molecule has 0 saturated carbocycles. The highest BCUT2D eigenvalue weighted by Crippen LogP contribution is 2.15. The van der Waals surface area contributed by atoms with E-state index >= 15 is 0 Å². The van der Waals surface area contributed by atoms with Crippen molar-refractivity contribution < 1.29 is 14.6 Å². The molecule has 2 aromatic heterocycles. The Bertz CT molecular complexity index is 484. The molecule has 0 aliphatic heterocycles. The molecule has 8 nitrogen and oxygen atoms in total. The van der Waals surface area contributed by atoms with Gasteiger partial charge in [0, 0.05) is 6.07 Å². The molecule has 2 rings (SSSR count). The number of nitrogens with one attached hydrogen (secondary N) is 1. The molecule has 8 heteroatoms. The van der Waals surface area contributed by atoms with Crippen LogP contribution in [0.15, 0.2) is 18.5 Å². The van der Waals surface area contributed by atoms with Crippen LogP contribution in [-0.2, 0) is 6.61 Å². The van der Waals surface area contributed by atoms with Crippen molar-refractivity contribution in [3.05, 3.63) is 29.8 Å². The monoisotopic (exact) mass is 221 g/mol. The van der Waals surface area contributed by atoms with Gasteiger partial charge in [0.1, 0.15) is 12.3 Å². The molecule has 82 valence electrons. The number of rotatable bonds is 4. The van der Waals surface area contributed by atoms with Crippen molar-refractivity contribution in [3.63, 3.8) is 0 Å². The lowest BCUT2D eigenvalue weighted by molar-refractivity contribution is 0.0683. The molecule has 0 atom stereocenters. The Labute approximate surface area is 89.3 Å². The number of carbonyl (C=O) groups is 1. The predicted octanol–water partition coefficient (Wildman–Crippen LogP) is -0.128. The largest absolute Gasteiger partial charge is 0.484 e. The average Bonchev–Trinajstić information content (AvgIpc) is 2.79. The van der Waals surface area contributed by atoms with Gasteiger partial charge in [-0.15, -0.1) is 5.10 Å². The van der Waals surface area contributed by atoms with E-state index in [-0.39, 0.29) is 18.1 Å². The number of carboxylic acids is 1. The standard InChI is InChI=1S/C8H7N5O3/c14-8(15)7-6(1-2-9-12-7)16-4-5-3-10-13-11-5/h1-3H,4H2,(H,14,15)(H,10,11,13). The number of aromatic amines is 1. The second-order valence-electron chi connectivity index (χ2n) is 2.80. The van der Waals surface area contributed by atoms with Crippen LogP contribution in [0.4, 0.5) is 0 Å². The van der Waals surface area contributed by atoms with Gasteiger partial charge in [-0.1, -0.05) is 0 Å². The highest BCUT2D eigenvalue weighted by molar-refractivity contribution is 5.88. The molecule has 0 amide bonds. The van der Waals surface area contributed by atoms with Gasteiger partial charge in [0.05, 0.1) is 12.4 Å². The van der Waals surface area contributed by atoms with E-state index in [0.717, 1.165) is 0 Å². The summed E-state index contributed by atoms with van der Waals surface area (Å²) in [6.07, 6.45) is 2.83. The first kappa shape index (κ1) is 10.0. The summed E-state index contributed by atoms with van der Waals surface area (Å²) in [6, 6.07) is 1.43. The Balaban J connectivity index is 2.12. The van der Waals surface area contributed by atoms with Gasteiger partial charge in [-0.3, -0.25) is 0 Å². The maximum atomic E-state index is 10.8. The molecule has 16 heavy (non-hydrogen) atoms. The zero-order chi connectivity index (χ0) is 11.4. The second-order valence-corrected chi connectivity index (χ2v) is 2.80. The lowest BCUT2D eigenvalue weighted by Crippen LogP contribution is -2.07. The van der Waals surface area contributed by atoms with Crippen LogP contribution >= 0.6 is 0 Å². The van der Waals surface area contributed by atoms with Gasteiger partial charge in [0.2, 0.25) is 5.69 Å². The number of nitrogens with zero attached hydrogens (tertiary/aromatic N) is 4. The average molecular weight is 221 g/mol. The lowest BCUT2D eigenvalue weighted by atomic mass is 10.3. The van der Waals surface area contributed by atoms with Crippen LogP contribution in [0.1, 0.15) is 16.2 Å². The predicted molar refractivity (Wildman–Crippen MR) is 49.7 cm³/mol. The van der Waals surface area contributed by atoms with Gasteiger partial charge in [0.15, 0.2) is 5.75 Å². The van der Waals surface area contributed by atoms with E-state index in [0.29, 0.717) is 5.69 Å². The fourth-order valence-electron chi connectivity index (χ4n) is 1.03. The molecular weight excluding hydrogens is 214 g/mol. The minimum Gasteiger partial charge on any atom is -0.484 e. The van der Waals surface area contributed by atoms with Crippen molar-refractivity contribution in [1.29, 1.82) is 0 Å². The van der Waals surface area contributed by atoms with Crippen LogP contribution in [0.25, 0.3) is 0 Å². The van der Waals surface area contributed by atoms with Crippen molar-refractivity contribution >= 4 is 5.97 Å². The van der Waals surface area contributed by atoms with Gasteiger partial charge >= 0.3 is 5.97 Å². The van der Waals surface area contributed by atoms with Gasteiger partial charge in [-0.25, -0.2) is 4.79 Å². The van der Waals surface area contributed by atoms with Crippen molar-refractivity contribution in [2.24, 2.45) is 0 Å². The molecule has 0 fully saturated rings. The summed E-state index contributed by atoms with van der Waals surface area (Å²) in [6.45, 7) is 0.114. The summed E-state index contributed by atoms with van der Waals surface area (Å²) in [5, 5.41) is 25.5. The summed E-state index contributed by atoms with van der Waals surface area (Å²) in [5.41, 5.74) is 0.333. The van der Waals surface area contributed by atoms with Crippen LogP contribution in [-0.4, -0.2) is 36.7 Å². The zero-order valence-corrected chi connectivity index (χ0v) is 7.99. The van der Waals surface area contributed by atoms with Gasteiger partial charge in [-0.05, 0) is 0 Å². The van der Waals surface area contributed by atoms with Crippen molar-refractivity contribution in [1.82, 2.24) is 25.6 Å². The summed E-state index contributed by atoms with van der Waals surface area (Å²) in [5.74, 6) is -1.05. The molecule has 0 aliphatic rings. The van der Waals surface area contributed by atoms with Crippen molar-refractivity contribution in [3.8, 4) is 5.75 Å². The van der Waals surface area contributed by atoms with E-state index < -0.39 is 5.97 Å².